The molecule has 0 saturated carbocycles. The quantitative estimate of drug-likeness (QED) is 0.732. The Morgan fingerprint density at radius 3 is 2.47 bits per heavy atom. The molecule has 0 bridgehead atoms. The van der Waals surface area contributed by atoms with Crippen LogP contribution in [0.5, 0.6) is 0 Å². The predicted octanol–water partition coefficient (Wildman–Crippen LogP) is 3.50. The lowest BCUT2D eigenvalue weighted by molar-refractivity contribution is -0.128. The first-order chi connectivity index (χ1) is 7.93. The maximum atomic E-state index is 11.6. The van der Waals surface area contributed by atoms with Crippen molar-refractivity contribution in [2.75, 3.05) is 6.54 Å². The fraction of sp³-hybridized carbons (Fsp3) is 0.933. The van der Waals surface area contributed by atoms with Gasteiger partial charge in [-0.1, -0.05) is 33.6 Å². The van der Waals surface area contributed by atoms with Gasteiger partial charge in [-0.3, -0.25) is 9.69 Å². The van der Waals surface area contributed by atoms with E-state index in [9.17, 15) is 4.79 Å². The molecule has 1 saturated heterocycles. The number of hydrogen-bond acceptors (Lipinski definition) is 2. The minimum absolute atomic E-state index is 0.219. The Kier molecular flexibility index (Phi) is 5.64. The summed E-state index contributed by atoms with van der Waals surface area (Å²) in [6.07, 6.45) is 4.65. The second-order valence-electron chi connectivity index (χ2n) is 6.16. The van der Waals surface area contributed by atoms with Crippen LogP contribution in [0.25, 0.3) is 0 Å². The molecule has 1 heterocycles. The maximum absolute atomic E-state index is 11.6. The first kappa shape index (κ1) is 14.7. The minimum atomic E-state index is 0.219. The number of Topliss-reactive ketones (excluding diaryl/α,β-unsaturated/α-hetero) is 1. The van der Waals surface area contributed by atoms with Crippen LogP contribution in [0.3, 0.4) is 0 Å². The van der Waals surface area contributed by atoms with Crippen LogP contribution in [-0.2, 0) is 4.79 Å². The molecule has 0 radical (unpaired) electrons. The molecule has 17 heavy (non-hydrogen) atoms. The van der Waals surface area contributed by atoms with Gasteiger partial charge in [0.2, 0.25) is 0 Å². The number of rotatable bonds is 5. The van der Waals surface area contributed by atoms with Crippen molar-refractivity contribution in [2.24, 2.45) is 11.8 Å². The summed E-state index contributed by atoms with van der Waals surface area (Å²) in [5, 5.41) is 0. The highest BCUT2D eigenvalue weighted by Gasteiger charge is 2.32. The van der Waals surface area contributed by atoms with Crippen LogP contribution in [0.2, 0.25) is 0 Å². The Hall–Kier alpha value is -0.370. The number of likely N-dealkylation sites (tertiary alicyclic amines) is 1. The normalized spacial score (nSPS) is 28.7. The average Bonchev–Trinajstić information content (AvgIpc) is 2.25. The first-order valence-corrected chi connectivity index (χ1v) is 7.22. The number of carbonyl (C=O) groups excluding carboxylic acids is 1. The first-order valence-electron chi connectivity index (χ1n) is 7.22. The number of ketones is 1. The van der Waals surface area contributed by atoms with Crippen LogP contribution in [0.4, 0.5) is 0 Å². The molecule has 0 spiro atoms. The third-order valence-corrected chi connectivity index (χ3v) is 4.34. The smallest absolute Gasteiger partial charge is 0.138 e. The molecular weight excluding hydrogens is 210 g/mol. The molecule has 2 heteroatoms. The zero-order valence-corrected chi connectivity index (χ0v) is 12.2. The van der Waals surface area contributed by atoms with Crippen molar-refractivity contribution in [2.45, 2.75) is 72.4 Å². The molecule has 0 aliphatic carbocycles. The molecule has 3 atom stereocenters. The van der Waals surface area contributed by atoms with Crippen LogP contribution in [0.15, 0.2) is 0 Å². The minimum Gasteiger partial charge on any atom is -0.299 e. The van der Waals surface area contributed by atoms with E-state index < -0.39 is 0 Å². The molecule has 1 rings (SSSR count). The van der Waals surface area contributed by atoms with E-state index in [-0.39, 0.29) is 5.92 Å². The van der Waals surface area contributed by atoms with Crippen molar-refractivity contribution in [1.82, 2.24) is 4.90 Å². The number of carbonyl (C=O) groups is 1. The van der Waals surface area contributed by atoms with Gasteiger partial charge in [0.15, 0.2) is 0 Å². The monoisotopic (exact) mass is 239 g/mol. The van der Waals surface area contributed by atoms with Crippen molar-refractivity contribution in [3.8, 4) is 0 Å². The van der Waals surface area contributed by atoms with Gasteiger partial charge < -0.3 is 0 Å². The fourth-order valence-corrected chi connectivity index (χ4v) is 2.84. The summed E-state index contributed by atoms with van der Waals surface area (Å²) in [6.45, 7) is 12.1. The third-order valence-electron chi connectivity index (χ3n) is 4.34. The molecule has 100 valence electrons. The molecule has 1 aliphatic rings. The second kappa shape index (κ2) is 6.53. The average molecular weight is 239 g/mol. The number of nitrogens with zero attached hydrogens (tertiary/aromatic N) is 1. The largest absolute Gasteiger partial charge is 0.299 e. The Bertz CT molecular complexity index is 249. The van der Waals surface area contributed by atoms with Crippen molar-refractivity contribution in [1.29, 1.82) is 0 Å². The fourth-order valence-electron chi connectivity index (χ4n) is 2.84. The zero-order valence-electron chi connectivity index (χ0n) is 12.2. The summed E-state index contributed by atoms with van der Waals surface area (Å²) in [5.74, 6) is 1.47. The molecule has 1 aliphatic heterocycles. The van der Waals surface area contributed by atoms with E-state index in [0.717, 1.165) is 18.9 Å². The van der Waals surface area contributed by atoms with Crippen LogP contribution < -0.4 is 0 Å². The summed E-state index contributed by atoms with van der Waals surface area (Å²) in [6, 6.07) is 1.05. The molecule has 0 N–H and O–H groups in total. The van der Waals surface area contributed by atoms with Gasteiger partial charge in [0.1, 0.15) is 5.78 Å². The predicted molar refractivity (Wildman–Crippen MR) is 73.1 cm³/mol. The second-order valence-corrected chi connectivity index (χ2v) is 6.16. The Balaban J connectivity index is 2.40. The summed E-state index contributed by atoms with van der Waals surface area (Å²) < 4.78 is 0. The molecule has 0 aromatic carbocycles. The Morgan fingerprint density at radius 2 is 1.88 bits per heavy atom. The van der Waals surface area contributed by atoms with E-state index in [2.05, 4.69) is 39.5 Å². The van der Waals surface area contributed by atoms with Crippen LogP contribution >= 0.6 is 0 Å². The molecule has 0 aromatic rings. The topological polar surface area (TPSA) is 20.3 Å². The highest BCUT2D eigenvalue weighted by Crippen LogP contribution is 2.24. The molecule has 0 amide bonds. The number of piperidine rings is 1. The summed E-state index contributed by atoms with van der Waals surface area (Å²) in [4.78, 5) is 14.2. The van der Waals surface area contributed by atoms with Gasteiger partial charge in [0, 0.05) is 31.0 Å². The zero-order chi connectivity index (χ0) is 13.0. The number of hydrogen-bond donors (Lipinski definition) is 0. The lowest BCUT2D eigenvalue weighted by atomic mass is 9.89. The van der Waals surface area contributed by atoms with Gasteiger partial charge >= 0.3 is 0 Å². The molecule has 0 aromatic heterocycles. The molecule has 3 unspecified atom stereocenters. The van der Waals surface area contributed by atoms with Gasteiger partial charge in [-0.05, 0) is 26.2 Å². The van der Waals surface area contributed by atoms with Gasteiger partial charge in [-0.25, -0.2) is 0 Å². The Morgan fingerprint density at radius 1 is 1.24 bits per heavy atom. The van der Waals surface area contributed by atoms with Crippen LogP contribution in [0.1, 0.15) is 60.3 Å². The summed E-state index contributed by atoms with van der Waals surface area (Å²) in [5.41, 5.74) is 0. The third kappa shape index (κ3) is 4.09. The van der Waals surface area contributed by atoms with E-state index in [4.69, 9.17) is 0 Å². The molecule has 1 fully saturated rings. The van der Waals surface area contributed by atoms with E-state index in [1.54, 1.807) is 0 Å². The summed E-state index contributed by atoms with van der Waals surface area (Å²) >= 11 is 0. The van der Waals surface area contributed by atoms with Gasteiger partial charge in [-0.15, -0.1) is 0 Å². The lowest BCUT2D eigenvalue weighted by Gasteiger charge is -2.41. The van der Waals surface area contributed by atoms with Crippen molar-refractivity contribution >= 4 is 5.78 Å². The van der Waals surface area contributed by atoms with Crippen molar-refractivity contribution in [3.05, 3.63) is 0 Å². The standard InChI is InChI=1S/C15H29NO/c1-11(2)7-6-8-12(3)16-10-9-15(17)13(4)14(16)5/h11-14H,6-10H2,1-5H3. The van der Waals surface area contributed by atoms with Crippen LogP contribution in [0, 0.1) is 11.8 Å². The van der Waals surface area contributed by atoms with Gasteiger partial charge in [-0.2, -0.15) is 0 Å². The SMILES string of the molecule is CC(C)CCCC(C)N1CCC(=O)C(C)C1C. The van der Waals surface area contributed by atoms with Crippen molar-refractivity contribution in [3.63, 3.8) is 0 Å². The highest BCUT2D eigenvalue weighted by molar-refractivity contribution is 5.82. The van der Waals surface area contributed by atoms with E-state index in [1.165, 1.54) is 19.3 Å². The molecule has 2 nitrogen and oxygen atoms in total. The van der Waals surface area contributed by atoms with Gasteiger partial charge in [0.05, 0.1) is 0 Å². The maximum Gasteiger partial charge on any atom is 0.138 e. The van der Waals surface area contributed by atoms with Crippen LogP contribution in [-0.4, -0.2) is 29.3 Å². The summed E-state index contributed by atoms with van der Waals surface area (Å²) in [7, 11) is 0. The van der Waals surface area contributed by atoms with E-state index >= 15 is 0 Å². The lowest BCUT2D eigenvalue weighted by Crippen LogP contribution is -2.50. The van der Waals surface area contributed by atoms with E-state index in [1.807, 2.05) is 0 Å². The van der Waals surface area contributed by atoms with Gasteiger partial charge in [0.25, 0.3) is 0 Å². The Labute approximate surface area is 107 Å². The van der Waals surface area contributed by atoms with E-state index in [0.29, 0.717) is 17.9 Å². The van der Waals surface area contributed by atoms with Crippen molar-refractivity contribution < 1.29 is 4.79 Å². The molecular formula is C15H29NO. The highest BCUT2D eigenvalue weighted by atomic mass is 16.1.